The number of ketones is 1. The van der Waals surface area contributed by atoms with E-state index >= 15 is 0 Å². The highest BCUT2D eigenvalue weighted by molar-refractivity contribution is 7.92. The lowest BCUT2D eigenvalue weighted by atomic mass is 10.1. The lowest BCUT2D eigenvalue weighted by Gasteiger charge is -2.07. The summed E-state index contributed by atoms with van der Waals surface area (Å²) in [4.78, 5) is 20.0. The van der Waals surface area contributed by atoms with Gasteiger partial charge in [0.15, 0.2) is 5.82 Å². The first kappa shape index (κ1) is 13.2. The number of anilines is 1. The molecule has 98 valence electrons. The Morgan fingerprint density at radius 3 is 2.47 bits per heavy atom. The summed E-state index contributed by atoms with van der Waals surface area (Å²) in [6.07, 6.45) is 3.90. The molecule has 2 heterocycles. The lowest BCUT2D eigenvalue weighted by molar-refractivity contribution is 0.103. The van der Waals surface area contributed by atoms with Gasteiger partial charge in [-0.15, -0.1) is 0 Å². The fourth-order valence-corrected chi connectivity index (χ4v) is 1.99. The smallest absolute Gasteiger partial charge is 0.230 e. The van der Waals surface area contributed by atoms with Crippen LogP contribution in [-0.4, -0.2) is 30.4 Å². The molecular formula is C12H11N3O3S. The zero-order chi connectivity index (χ0) is 13.9. The van der Waals surface area contributed by atoms with Crippen molar-refractivity contribution in [2.45, 2.75) is 0 Å². The summed E-state index contributed by atoms with van der Waals surface area (Å²) < 4.78 is 24.7. The maximum atomic E-state index is 12.2. The molecule has 0 atom stereocenters. The molecule has 1 N–H and O–H groups in total. The summed E-state index contributed by atoms with van der Waals surface area (Å²) in [6, 6.07) is 7.98. The van der Waals surface area contributed by atoms with Gasteiger partial charge >= 0.3 is 0 Å². The van der Waals surface area contributed by atoms with E-state index < -0.39 is 10.0 Å². The third kappa shape index (κ3) is 3.35. The van der Waals surface area contributed by atoms with E-state index in [-0.39, 0.29) is 22.9 Å². The third-order valence-electron chi connectivity index (χ3n) is 2.23. The first-order valence-electron chi connectivity index (χ1n) is 5.36. The topological polar surface area (TPSA) is 89.0 Å². The van der Waals surface area contributed by atoms with E-state index in [0.29, 0.717) is 0 Å². The van der Waals surface area contributed by atoms with Crippen LogP contribution in [-0.2, 0) is 10.0 Å². The minimum absolute atomic E-state index is 0.000605. The van der Waals surface area contributed by atoms with Gasteiger partial charge < -0.3 is 0 Å². The molecule has 2 aromatic rings. The van der Waals surface area contributed by atoms with Crippen LogP contribution in [0.3, 0.4) is 0 Å². The predicted molar refractivity (Wildman–Crippen MR) is 70.4 cm³/mol. The van der Waals surface area contributed by atoms with Gasteiger partial charge in [0.1, 0.15) is 5.69 Å². The second-order valence-corrected chi connectivity index (χ2v) is 5.57. The first-order valence-corrected chi connectivity index (χ1v) is 7.25. The number of pyridine rings is 2. The average molecular weight is 277 g/mol. The van der Waals surface area contributed by atoms with Gasteiger partial charge in [-0.1, -0.05) is 6.07 Å². The number of carbonyl (C=O) groups excluding carboxylic acids is 1. The standard InChI is InChI=1S/C12H11N3O3S/c1-19(17,18)15-12-9(5-4-8-14-12)11(16)10-6-2-3-7-13-10/h2-8H,1H3,(H,14,15). The Morgan fingerprint density at radius 2 is 1.84 bits per heavy atom. The normalized spacial score (nSPS) is 11.0. The minimum Gasteiger partial charge on any atom is -0.287 e. The Labute approximate surface area is 110 Å². The second kappa shape index (κ2) is 5.15. The summed E-state index contributed by atoms with van der Waals surface area (Å²) in [5.41, 5.74) is 0.388. The number of sulfonamides is 1. The van der Waals surface area contributed by atoms with Gasteiger partial charge in [0.2, 0.25) is 15.8 Å². The molecule has 0 saturated heterocycles. The summed E-state index contributed by atoms with van der Waals surface area (Å²) in [5, 5.41) is 0. The monoisotopic (exact) mass is 277 g/mol. The third-order valence-corrected chi connectivity index (χ3v) is 2.80. The molecule has 0 aliphatic rings. The predicted octanol–water partition coefficient (Wildman–Crippen LogP) is 1.08. The first-order chi connectivity index (χ1) is 8.97. The second-order valence-electron chi connectivity index (χ2n) is 3.82. The lowest BCUT2D eigenvalue weighted by Crippen LogP contribution is -2.15. The number of rotatable bonds is 4. The van der Waals surface area contributed by atoms with Crippen LogP contribution in [0.5, 0.6) is 0 Å². The van der Waals surface area contributed by atoms with Crippen molar-refractivity contribution >= 4 is 21.6 Å². The number of carbonyl (C=O) groups is 1. The zero-order valence-corrected chi connectivity index (χ0v) is 10.9. The van der Waals surface area contributed by atoms with E-state index in [1.54, 1.807) is 24.3 Å². The van der Waals surface area contributed by atoms with E-state index in [4.69, 9.17) is 0 Å². The van der Waals surface area contributed by atoms with Crippen LogP contribution in [0.25, 0.3) is 0 Å². The van der Waals surface area contributed by atoms with Gasteiger partial charge in [0, 0.05) is 12.4 Å². The van der Waals surface area contributed by atoms with Crippen molar-refractivity contribution in [3.05, 3.63) is 54.0 Å². The van der Waals surface area contributed by atoms with Crippen molar-refractivity contribution < 1.29 is 13.2 Å². The van der Waals surface area contributed by atoms with Crippen LogP contribution < -0.4 is 4.72 Å². The highest BCUT2D eigenvalue weighted by Crippen LogP contribution is 2.16. The Balaban J connectivity index is 2.43. The Morgan fingerprint density at radius 1 is 1.11 bits per heavy atom. The van der Waals surface area contributed by atoms with Crippen LogP contribution in [0.15, 0.2) is 42.7 Å². The quantitative estimate of drug-likeness (QED) is 0.845. The van der Waals surface area contributed by atoms with Gasteiger partial charge in [-0.25, -0.2) is 13.4 Å². The van der Waals surface area contributed by atoms with Gasteiger partial charge in [0.25, 0.3) is 0 Å². The molecule has 0 radical (unpaired) electrons. The summed E-state index contributed by atoms with van der Waals surface area (Å²) in [5.74, 6) is -0.388. The number of hydrogen-bond acceptors (Lipinski definition) is 5. The molecule has 19 heavy (non-hydrogen) atoms. The van der Waals surface area contributed by atoms with Crippen LogP contribution in [0.1, 0.15) is 16.1 Å². The SMILES string of the molecule is CS(=O)(=O)Nc1ncccc1C(=O)c1ccccn1. The summed E-state index contributed by atoms with van der Waals surface area (Å²) in [6.45, 7) is 0. The fraction of sp³-hybridized carbons (Fsp3) is 0.0833. The molecule has 6 nitrogen and oxygen atoms in total. The van der Waals surface area contributed by atoms with Gasteiger partial charge in [0.05, 0.1) is 11.8 Å². The Kier molecular flexibility index (Phi) is 3.57. The van der Waals surface area contributed by atoms with Gasteiger partial charge in [-0.2, -0.15) is 0 Å². The van der Waals surface area contributed by atoms with Crippen molar-refractivity contribution in [2.24, 2.45) is 0 Å². The number of nitrogens with zero attached hydrogens (tertiary/aromatic N) is 2. The number of hydrogen-bond donors (Lipinski definition) is 1. The van der Waals surface area contributed by atoms with Crippen molar-refractivity contribution in [3.8, 4) is 0 Å². The van der Waals surface area contributed by atoms with E-state index in [2.05, 4.69) is 14.7 Å². The molecule has 2 rings (SSSR count). The largest absolute Gasteiger partial charge is 0.287 e. The molecular weight excluding hydrogens is 266 g/mol. The molecule has 0 spiro atoms. The minimum atomic E-state index is -3.50. The van der Waals surface area contributed by atoms with E-state index in [0.717, 1.165) is 6.26 Å². The summed E-state index contributed by atoms with van der Waals surface area (Å²) in [7, 11) is -3.50. The molecule has 0 aromatic carbocycles. The molecule has 0 aliphatic carbocycles. The molecule has 0 bridgehead atoms. The highest BCUT2D eigenvalue weighted by atomic mass is 32.2. The maximum Gasteiger partial charge on any atom is 0.230 e. The zero-order valence-electron chi connectivity index (χ0n) is 10.1. The average Bonchev–Trinajstić information content (AvgIpc) is 2.38. The number of aromatic nitrogens is 2. The Bertz CT molecular complexity index is 699. The van der Waals surface area contributed by atoms with Crippen molar-refractivity contribution in [3.63, 3.8) is 0 Å². The van der Waals surface area contributed by atoms with E-state index in [9.17, 15) is 13.2 Å². The van der Waals surface area contributed by atoms with Crippen LogP contribution >= 0.6 is 0 Å². The van der Waals surface area contributed by atoms with Crippen molar-refractivity contribution in [1.82, 2.24) is 9.97 Å². The molecule has 0 aliphatic heterocycles. The molecule has 7 heteroatoms. The Hall–Kier alpha value is -2.28. The number of nitrogens with one attached hydrogen (secondary N) is 1. The van der Waals surface area contributed by atoms with Crippen LogP contribution in [0.4, 0.5) is 5.82 Å². The maximum absolute atomic E-state index is 12.2. The van der Waals surface area contributed by atoms with Gasteiger partial charge in [-0.3, -0.25) is 14.5 Å². The van der Waals surface area contributed by atoms with Crippen LogP contribution in [0.2, 0.25) is 0 Å². The molecule has 0 unspecified atom stereocenters. The van der Waals surface area contributed by atoms with E-state index in [1.807, 2.05) is 0 Å². The molecule has 0 fully saturated rings. The van der Waals surface area contributed by atoms with Crippen molar-refractivity contribution in [2.75, 3.05) is 11.0 Å². The fourth-order valence-electron chi connectivity index (χ4n) is 1.48. The van der Waals surface area contributed by atoms with Crippen molar-refractivity contribution in [1.29, 1.82) is 0 Å². The van der Waals surface area contributed by atoms with E-state index in [1.165, 1.54) is 18.5 Å². The highest BCUT2D eigenvalue weighted by Gasteiger charge is 2.17. The molecule has 2 aromatic heterocycles. The van der Waals surface area contributed by atoms with Crippen LogP contribution in [0, 0.1) is 0 Å². The molecule has 0 saturated carbocycles. The summed E-state index contributed by atoms with van der Waals surface area (Å²) >= 11 is 0. The van der Waals surface area contributed by atoms with Gasteiger partial charge in [-0.05, 0) is 24.3 Å². The molecule has 0 amide bonds.